The Morgan fingerprint density at radius 1 is 1.05 bits per heavy atom. The third-order valence-corrected chi connectivity index (χ3v) is 2.06. The number of aliphatic carboxylic acids is 2. The molecule has 0 spiro atoms. The molecule has 5 nitrogen and oxygen atoms in total. The van der Waals surface area contributed by atoms with E-state index in [1.807, 2.05) is 0 Å². The lowest BCUT2D eigenvalue weighted by molar-refractivity contribution is -0.153. The fraction of sp³-hybridized carbons (Fsp3) is 0.182. The molecule has 0 aliphatic carbocycles. The minimum Gasteiger partial charge on any atom is -0.480 e. The lowest BCUT2D eigenvalue weighted by Crippen LogP contribution is -2.40. The first-order valence-corrected chi connectivity index (χ1v) is 4.90. The summed E-state index contributed by atoms with van der Waals surface area (Å²) in [5.41, 5.74) is -2.05. The summed E-state index contributed by atoms with van der Waals surface area (Å²) >= 11 is 0. The second-order valence-corrected chi connectivity index (χ2v) is 3.44. The first kappa shape index (κ1) is 14.7. The van der Waals surface area contributed by atoms with E-state index in [9.17, 15) is 22.8 Å². The highest BCUT2D eigenvalue weighted by Gasteiger charge is 2.47. The Balaban J connectivity index is 3.34. The van der Waals surface area contributed by atoms with Gasteiger partial charge in [-0.05, 0) is 12.1 Å². The van der Waals surface area contributed by atoms with Crippen LogP contribution in [0.3, 0.4) is 0 Å². The zero-order chi connectivity index (χ0) is 14.6. The molecule has 102 valence electrons. The lowest BCUT2D eigenvalue weighted by Gasteiger charge is -2.14. The number of rotatable bonds is 4. The van der Waals surface area contributed by atoms with Crippen molar-refractivity contribution in [2.75, 3.05) is 0 Å². The molecule has 0 aliphatic heterocycles. The van der Waals surface area contributed by atoms with Gasteiger partial charge in [-0.2, -0.15) is 13.2 Å². The number of carboxylic acid groups (broad SMARTS) is 2. The fourth-order valence-electron chi connectivity index (χ4n) is 1.27. The van der Waals surface area contributed by atoms with Crippen LogP contribution in [0.25, 0.3) is 0 Å². The maximum atomic E-state index is 12.7. The molecule has 0 heterocycles. The summed E-state index contributed by atoms with van der Waals surface area (Å²) < 4.78 is 38.2. The number of carbonyl (C=O) groups is 2. The molecule has 0 aromatic heterocycles. The van der Waals surface area contributed by atoms with E-state index in [4.69, 9.17) is 10.2 Å². The van der Waals surface area contributed by atoms with Gasteiger partial charge in [-0.15, -0.1) is 0 Å². The van der Waals surface area contributed by atoms with Crippen LogP contribution in [-0.2, 0) is 9.59 Å². The van der Waals surface area contributed by atoms with Gasteiger partial charge in [0.15, 0.2) is 0 Å². The Kier molecular flexibility index (Phi) is 4.26. The smallest absolute Gasteiger partial charge is 0.430 e. The number of nitrogens with zero attached hydrogens (tertiary/aromatic N) is 1. The molecule has 19 heavy (non-hydrogen) atoms. The molecule has 1 aromatic rings. The van der Waals surface area contributed by atoms with Crippen molar-refractivity contribution in [1.29, 1.82) is 0 Å². The van der Waals surface area contributed by atoms with Gasteiger partial charge in [-0.3, -0.25) is 9.59 Å². The number of para-hydroxylation sites is 1. The molecule has 0 aliphatic rings. The van der Waals surface area contributed by atoms with Crippen molar-refractivity contribution in [3.63, 3.8) is 0 Å². The highest BCUT2D eigenvalue weighted by molar-refractivity contribution is 6.18. The average molecular weight is 275 g/mol. The van der Waals surface area contributed by atoms with Crippen molar-refractivity contribution in [3.8, 4) is 0 Å². The van der Waals surface area contributed by atoms with Crippen molar-refractivity contribution in [2.45, 2.75) is 6.18 Å². The highest BCUT2D eigenvalue weighted by atomic mass is 19.4. The first-order valence-electron chi connectivity index (χ1n) is 4.90. The van der Waals surface area contributed by atoms with Gasteiger partial charge in [-0.25, -0.2) is 4.99 Å². The van der Waals surface area contributed by atoms with Crippen molar-refractivity contribution < 1.29 is 33.0 Å². The second-order valence-electron chi connectivity index (χ2n) is 3.44. The van der Waals surface area contributed by atoms with Crippen LogP contribution in [-0.4, -0.2) is 34.0 Å². The number of hydrogen-bond acceptors (Lipinski definition) is 3. The standard InChI is InChI=1S/C11H8F3NO4/c12-11(13,14)8(7(9(16)17)10(18)19)15-6-4-2-1-3-5-6/h1-5,7H,(H,16,17)(H,18,19). The predicted molar refractivity (Wildman–Crippen MR) is 58.4 cm³/mol. The maximum absolute atomic E-state index is 12.7. The number of aliphatic imine (C=N–C) groups is 1. The fourth-order valence-corrected chi connectivity index (χ4v) is 1.27. The van der Waals surface area contributed by atoms with Crippen LogP contribution in [0.1, 0.15) is 0 Å². The van der Waals surface area contributed by atoms with Crippen molar-refractivity contribution in [3.05, 3.63) is 30.3 Å². The first-order chi connectivity index (χ1) is 8.73. The Labute approximate surface area is 105 Å². The molecule has 0 saturated heterocycles. The largest absolute Gasteiger partial charge is 0.480 e. The Hall–Kier alpha value is -2.38. The van der Waals surface area contributed by atoms with Crippen LogP contribution >= 0.6 is 0 Å². The molecular formula is C11H8F3NO4. The topological polar surface area (TPSA) is 87.0 Å². The van der Waals surface area contributed by atoms with E-state index in [0.29, 0.717) is 0 Å². The number of carboxylic acids is 2. The van der Waals surface area contributed by atoms with E-state index < -0.39 is 29.7 Å². The Bertz CT molecular complexity index is 496. The van der Waals surface area contributed by atoms with Gasteiger partial charge in [0.05, 0.1) is 5.69 Å². The summed E-state index contributed by atoms with van der Waals surface area (Å²) in [7, 11) is 0. The molecular weight excluding hydrogens is 267 g/mol. The summed E-state index contributed by atoms with van der Waals surface area (Å²) in [6.07, 6.45) is -5.16. The molecule has 0 fully saturated rings. The molecule has 0 atom stereocenters. The highest BCUT2D eigenvalue weighted by Crippen LogP contribution is 2.26. The zero-order valence-electron chi connectivity index (χ0n) is 9.26. The van der Waals surface area contributed by atoms with Crippen molar-refractivity contribution in [1.82, 2.24) is 0 Å². The number of benzene rings is 1. The normalized spacial score (nSPS) is 12.5. The third kappa shape index (κ3) is 3.80. The van der Waals surface area contributed by atoms with Crippen molar-refractivity contribution in [2.24, 2.45) is 10.9 Å². The molecule has 0 amide bonds. The van der Waals surface area contributed by atoms with E-state index in [1.54, 1.807) is 0 Å². The van der Waals surface area contributed by atoms with Gasteiger partial charge in [0.25, 0.3) is 0 Å². The van der Waals surface area contributed by atoms with E-state index in [2.05, 4.69) is 4.99 Å². The van der Waals surface area contributed by atoms with Gasteiger partial charge < -0.3 is 10.2 Å². The van der Waals surface area contributed by atoms with Crippen LogP contribution in [0.4, 0.5) is 18.9 Å². The molecule has 0 radical (unpaired) electrons. The van der Waals surface area contributed by atoms with Crippen LogP contribution in [0.5, 0.6) is 0 Å². The number of halogens is 3. The Morgan fingerprint density at radius 3 is 1.89 bits per heavy atom. The summed E-state index contributed by atoms with van der Waals surface area (Å²) in [6.45, 7) is 0. The molecule has 8 heteroatoms. The molecule has 1 aromatic carbocycles. The summed E-state index contributed by atoms with van der Waals surface area (Å²) in [6, 6.07) is 6.71. The summed E-state index contributed by atoms with van der Waals surface area (Å²) in [5, 5.41) is 17.2. The van der Waals surface area contributed by atoms with Gasteiger partial charge in [0.2, 0.25) is 5.92 Å². The SMILES string of the molecule is O=C(O)C(C(=O)O)C(=Nc1ccccc1)C(F)(F)F. The van der Waals surface area contributed by atoms with E-state index in [0.717, 1.165) is 0 Å². The number of hydrogen-bond donors (Lipinski definition) is 2. The van der Waals surface area contributed by atoms with Gasteiger partial charge in [-0.1, -0.05) is 18.2 Å². The minimum absolute atomic E-state index is 0.178. The van der Waals surface area contributed by atoms with E-state index in [-0.39, 0.29) is 5.69 Å². The monoisotopic (exact) mass is 275 g/mol. The summed E-state index contributed by atoms with van der Waals surface area (Å²) in [4.78, 5) is 24.4. The molecule has 0 saturated carbocycles. The zero-order valence-corrected chi connectivity index (χ0v) is 9.26. The van der Waals surface area contributed by atoms with Gasteiger partial charge in [0.1, 0.15) is 5.71 Å². The molecule has 1 rings (SSSR count). The van der Waals surface area contributed by atoms with Crippen molar-refractivity contribution >= 4 is 23.3 Å². The molecule has 0 unspecified atom stereocenters. The van der Waals surface area contributed by atoms with Gasteiger partial charge >= 0.3 is 18.1 Å². The quantitative estimate of drug-likeness (QED) is 0.650. The average Bonchev–Trinajstić information content (AvgIpc) is 2.27. The van der Waals surface area contributed by atoms with Crippen LogP contribution < -0.4 is 0 Å². The Morgan fingerprint density at radius 2 is 1.53 bits per heavy atom. The summed E-state index contributed by atoms with van der Waals surface area (Å²) in [5.74, 6) is -7.01. The lowest BCUT2D eigenvalue weighted by atomic mass is 10.0. The van der Waals surface area contributed by atoms with Crippen LogP contribution in [0, 0.1) is 5.92 Å². The third-order valence-electron chi connectivity index (χ3n) is 2.06. The van der Waals surface area contributed by atoms with Crippen LogP contribution in [0.2, 0.25) is 0 Å². The minimum atomic E-state index is -5.16. The van der Waals surface area contributed by atoms with Crippen LogP contribution in [0.15, 0.2) is 35.3 Å². The maximum Gasteiger partial charge on any atom is 0.430 e. The number of alkyl halides is 3. The molecule has 0 bridgehead atoms. The van der Waals surface area contributed by atoms with E-state index in [1.165, 1.54) is 30.3 Å². The predicted octanol–water partition coefficient (Wildman–Crippen LogP) is 2.11. The van der Waals surface area contributed by atoms with Gasteiger partial charge in [0, 0.05) is 0 Å². The molecule has 2 N–H and O–H groups in total. The second kappa shape index (κ2) is 5.51. The van der Waals surface area contributed by atoms with E-state index >= 15 is 0 Å².